The summed E-state index contributed by atoms with van der Waals surface area (Å²) in [6.07, 6.45) is 6.09. The van der Waals surface area contributed by atoms with Crippen LogP contribution in [0.25, 0.3) is 5.70 Å². The Labute approximate surface area is 170 Å². The third-order valence-corrected chi connectivity index (χ3v) is 5.87. The molecule has 150 valence electrons. The maximum atomic E-state index is 12.8. The van der Waals surface area contributed by atoms with Gasteiger partial charge in [-0.15, -0.1) is 0 Å². The van der Waals surface area contributed by atoms with Crippen LogP contribution in [0.2, 0.25) is 0 Å². The third-order valence-electron chi connectivity index (χ3n) is 5.87. The van der Waals surface area contributed by atoms with Crippen molar-refractivity contribution in [3.63, 3.8) is 0 Å². The summed E-state index contributed by atoms with van der Waals surface area (Å²) in [5.41, 5.74) is 4.19. The second-order valence-corrected chi connectivity index (χ2v) is 7.68. The minimum atomic E-state index is 0.0742. The second-order valence-electron chi connectivity index (χ2n) is 7.68. The van der Waals surface area contributed by atoms with Gasteiger partial charge in [0.1, 0.15) is 5.82 Å². The van der Waals surface area contributed by atoms with Crippen molar-refractivity contribution in [2.75, 3.05) is 36.5 Å². The molecule has 1 atom stereocenters. The first-order chi connectivity index (χ1) is 14.2. The van der Waals surface area contributed by atoms with Gasteiger partial charge in [0.25, 0.3) is 0 Å². The highest BCUT2D eigenvalue weighted by atomic mass is 16.5. The van der Waals surface area contributed by atoms with Crippen LogP contribution >= 0.6 is 0 Å². The first-order valence-electron chi connectivity index (χ1n) is 10.3. The number of anilines is 3. The van der Waals surface area contributed by atoms with Gasteiger partial charge in [-0.25, -0.2) is 4.98 Å². The van der Waals surface area contributed by atoms with Gasteiger partial charge in [-0.2, -0.15) is 4.98 Å². The van der Waals surface area contributed by atoms with Crippen LogP contribution in [0.5, 0.6) is 0 Å². The molecule has 1 unspecified atom stereocenters. The Morgan fingerprint density at radius 2 is 2.14 bits per heavy atom. The molecule has 1 fully saturated rings. The van der Waals surface area contributed by atoms with Gasteiger partial charge in [0.15, 0.2) is 0 Å². The molecule has 0 radical (unpaired) electrons. The Morgan fingerprint density at radius 3 is 2.97 bits per heavy atom. The summed E-state index contributed by atoms with van der Waals surface area (Å²) >= 11 is 0. The van der Waals surface area contributed by atoms with Gasteiger partial charge < -0.3 is 15.0 Å². The second kappa shape index (κ2) is 7.48. The zero-order valence-corrected chi connectivity index (χ0v) is 16.6. The Kier molecular flexibility index (Phi) is 4.67. The first-order valence-corrected chi connectivity index (χ1v) is 10.3. The summed E-state index contributed by atoms with van der Waals surface area (Å²) < 4.78 is 5.56. The summed E-state index contributed by atoms with van der Waals surface area (Å²) in [6.45, 7) is 5.34. The van der Waals surface area contributed by atoms with Crippen LogP contribution in [0.15, 0.2) is 36.5 Å². The number of ether oxygens (including phenoxy) is 1. The van der Waals surface area contributed by atoms with E-state index in [2.05, 4.69) is 46.4 Å². The fourth-order valence-corrected chi connectivity index (χ4v) is 4.36. The number of rotatable bonds is 2. The van der Waals surface area contributed by atoms with E-state index >= 15 is 0 Å². The fourth-order valence-electron chi connectivity index (χ4n) is 4.36. The van der Waals surface area contributed by atoms with Gasteiger partial charge in [-0.1, -0.05) is 25.1 Å². The number of amides is 1. The first kappa shape index (κ1) is 18.1. The fraction of sp³-hybridized carbons (Fsp3) is 0.409. The van der Waals surface area contributed by atoms with Crippen molar-refractivity contribution in [2.45, 2.75) is 32.2 Å². The number of hydrogen-bond donors (Lipinski definition) is 1. The predicted molar refractivity (Wildman–Crippen MR) is 112 cm³/mol. The van der Waals surface area contributed by atoms with Gasteiger partial charge in [0.05, 0.1) is 19.6 Å². The van der Waals surface area contributed by atoms with Crippen molar-refractivity contribution >= 4 is 29.1 Å². The number of carbonyl (C=O) groups is 1. The Balaban J connectivity index is 1.62. The largest absolute Gasteiger partial charge is 0.378 e. The minimum Gasteiger partial charge on any atom is -0.378 e. The highest BCUT2D eigenvalue weighted by Crippen LogP contribution is 2.33. The molecule has 0 saturated carbocycles. The molecule has 29 heavy (non-hydrogen) atoms. The molecule has 7 nitrogen and oxygen atoms in total. The van der Waals surface area contributed by atoms with E-state index in [-0.39, 0.29) is 11.9 Å². The van der Waals surface area contributed by atoms with Crippen molar-refractivity contribution in [3.8, 4) is 0 Å². The van der Waals surface area contributed by atoms with Crippen molar-refractivity contribution < 1.29 is 9.53 Å². The van der Waals surface area contributed by atoms with Gasteiger partial charge in [0.2, 0.25) is 11.9 Å². The Hall–Kier alpha value is -2.93. The molecular formula is C22H25N5O2. The molecule has 1 N–H and O–H groups in total. The monoisotopic (exact) mass is 391 g/mol. The van der Waals surface area contributed by atoms with Crippen LogP contribution < -0.4 is 10.2 Å². The number of aromatic nitrogens is 2. The molecule has 1 aromatic heterocycles. The number of carbonyl (C=O) groups excluding carboxylic acids is 1. The number of hydrogen-bond acceptors (Lipinski definition) is 6. The smallest absolute Gasteiger partial charge is 0.233 e. The zero-order chi connectivity index (χ0) is 19.8. The van der Waals surface area contributed by atoms with Crippen molar-refractivity contribution in [1.82, 2.24) is 14.9 Å². The molecule has 1 aromatic carbocycles. The van der Waals surface area contributed by atoms with E-state index in [1.165, 1.54) is 5.70 Å². The molecule has 5 rings (SSSR count). The average Bonchev–Trinajstić information content (AvgIpc) is 3.07. The lowest BCUT2D eigenvalue weighted by Crippen LogP contribution is -2.38. The predicted octanol–water partition coefficient (Wildman–Crippen LogP) is 2.96. The minimum absolute atomic E-state index is 0.0742. The molecule has 1 saturated heterocycles. The van der Waals surface area contributed by atoms with Crippen LogP contribution in [0.4, 0.5) is 17.5 Å². The number of benzene rings is 1. The van der Waals surface area contributed by atoms with Crippen molar-refractivity contribution in [1.29, 1.82) is 0 Å². The van der Waals surface area contributed by atoms with Gasteiger partial charge in [-0.3, -0.25) is 9.69 Å². The number of fused-ring (bicyclic) bond motifs is 3. The number of nitrogens with zero attached hydrogens (tertiary/aromatic N) is 4. The summed E-state index contributed by atoms with van der Waals surface area (Å²) in [5, 5.41) is 3.32. The lowest BCUT2D eigenvalue weighted by molar-refractivity contribution is -0.117. The van der Waals surface area contributed by atoms with Crippen molar-refractivity contribution in [2.24, 2.45) is 0 Å². The third kappa shape index (κ3) is 3.35. The van der Waals surface area contributed by atoms with E-state index in [1.807, 2.05) is 11.0 Å². The molecule has 2 aromatic rings. The van der Waals surface area contributed by atoms with Crippen LogP contribution in [0.1, 0.15) is 30.9 Å². The van der Waals surface area contributed by atoms with Gasteiger partial charge in [0, 0.05) is 42.3 Å². The molecule has 4 heterocycles. The highest BCUT2D eigenvalue weighted by Gasteiger charge is 2.34. The molecule has 1 amide bonds. The van der Waals surface area contributed by atoms with E-state index in [0.717, 1.165) is 61.8 Å². The van der Waals surface area contributed by atoms with E-state index in [0.29, 0.717) is 12.4 Å². The maximum absolute atomic E-state index is 12.8. The average molecular weight is 391 g/mol. The van der Waals surface area contributed by atoms with Crippen LogP contribution in [-0.4, -0.2) is 53.1 Å². The molecule has 0 aliphatic carbocycles. The summed E-state index contributed by atoms with van der Waals surface area (Å²) in [4.78, 5) is 26.2. The summed E-state index contributed by atoms with van der Waals surface area (Å²) in [5.74, 6) is 1.38. The standard InChI is InChI=1S/C22H25N5O2/c1-2-18-6-7-19(26-8-10-29-11-9-26)15-4-3-5-17(12-15)24-22-23-14-16-13-20(28)27(18)21(16)25-22/h3-5,7,12,14,18H,2,6,8-11,13H2,1H3,(H,23,24,25)/b19-7+. The topological polar surface area (TPSA) is 70.6 Å². The normalized spacial score (nSPS) is 23.0. The number of morpholine rings is 1. The van der Waals surface area contributed by atoms with E-state index in [4.69, 9.17) is 9.72 Å². The molecular weight excluding hydrogens is 366 g/mol. The highest BCUT2D eigenvalue weighted by molar-refractivity contribution is 6.00. The van der Waals surface area contributed by atoms with Gasteiger partial charge >= 0.3 is 0 Å². The van der Waals surface area contributed by atoms with Gasteiger partial charge in [-0.05, 0) is 30.5 Å². The van der Waals surface area contributed by atoms with Crippen LogP contribution in [0, 0.1) is 0 Å². The number of nitrogens with one attached hydrogen (secondary N) is 1. The Morgan fingerprint density at radius 1 is 1.28 bits per heavy atom. The van der Waals surface area contributed by atoms with E-state index < -0.39 is 0 Å². The SMILES string of the molecule is CCC1C/C=C(/N2CCOCC2)c2cccc(c2)Nc2ncc3c(n2)N1C(=O)C3. The lowest BCUT2D eigenvalue weighted by Gasteiger charge is -2.33. The lowest BCUT2D eigenvalue weighted by atomic mass is 10.0. The van der Waals surface area contributed by atoms with E-state index in [1.54, 1.807) is 6.20 Å². The van der Waals surface area contributed by atoms with E-state index in [9.17, 15) is 4.79 Å². The maximum Gasteiger partial charge on any atom is 0.233 e. The van der Waals surface area contributed by atoms with Crippen LogP contribution in [-0.2, 0) is 16.0 Å². The summed E-state index contributed by atoms with van der Waals surface area (Å²) in [6, 6.07) is 8.42. The molecule has 0 spiro atoms. The molecule has 7 heteroatoms. The Bertz CT molecular complexity index is 967. The van der Waals surface area contributed by atoms with Crippen LogP contribution in [0.3, 0.4) is 0 Å². The quantitative estimate of drug-likeness (QED) is 0.849. The zero-order valence-electron chi connectivity index (χ0n) is 16.6. The molecule has 3 aliphatic heterocycles. The molecule has 4 bridgehead atoms. The summed E-state index contributed by atoms with van der Waals surface area (Å²) in [7, 11) is 0. The molecule has 3 aliphatic rings. The van der Waals surface area contributed by atoms with Crippen molar-refractivity contribution in [3.05, 3.63) is 47.7 Å².